The van der Waals surface area contributed by atoms with Crippen LogP contribution in [0.15, 0.2) is 17.0 Å². The minimum Gasteiger partial charge on any atom is -0.327 e. The van der Waals surface area contributed by atoms with Crippen molar-refractivity contribution in [1.82, 2.24) is 4.72 Å². The van der Waals surface area contributed by atoms with E-state index in [1.165, 1.54) is 0 Å². The van der Waals surface area contributed by atoms with Crippen LogP contribution in [0.2, 0.25) is 0 Å². The van der Waals surface area contributed by atoms with Crippen LogP contribution in [0.4, 0.5) is 13.2 Å². The number of nitrogens with one attached hydrogen (secondary N) is 1. The molecule has 0 aliphatic carbocycles. The highest BCUT2D eigenvalue weighted by atomic mass is 32.2. The minimum absolute atomic E-state index is 0.103. The quantitative estimate of drug-likeness (QED) is 0.782. The highest BCUT2D eigenvalue weighted by Gasteiger charge is 2.22. The van der Waals surface area contributed by atoms with E-state index in [2.05, 4.69) is 4.72 Å². The van der Waals surface area contributed by atoms with Gasteiger partial charge in [0.05, 0.1) is 0 Å². The van der Waals surface area contributed by atoms with Crippen molar-refractivity contribution in [3.05, 3.63) is 29.6 Å². The van der Waals surface area contributed by atoms with Crippen molar-refractivity contribution >= 4 is 10.0 Å². The van der Waals surface area contributed by atoms with Crippen molar-refractivity contribution < 1.29 is 21.6 Å². The fourth-order valence-corrected chi connectivity index (χ4v) is 2.64. The Bertz CT molecular complexity index is 549. The predicted octanol–water partition coefficient (Wildman–Crippen LogP) is 1.51. The van der Waals surface area contributed by atoms with E-state index in [1.54, 1.807) is 0 Å². The molecule has 0 fully saturated rings. The van der Waals surface area contributed by atoms with Gasteiger partial charge in [0.15, 0.2) is 11.6 Å². The molecular formula is C11H15F3N2O2S. The van der Waals surface area contributed by atoms with Gasteiger partial charge in [-0.2, -0.15) is 0 Å². The number of sulfonamides is 1. The lowest BCUT2D eigenvalue weighted by Gasteiger charge is -2.12. The van der Waals surface area contributed by atoms with Crippen LogP contribution in [0, 0.1) is 17.5 Å². The molecule has 0 aliphatic rings. The molecule has 0 saturated heterocycles. The fraction of sp³-hybridized carbons (Fsp3) is 0.455. The summed E-state index contributed by atoms with van der Waals surface area (Å²) in [5, 5.41) is 0. The molecule has 108 valence electrons. The van der Waals surface area contributed by atoms with Crippen molar-refractivity contribution in [3.8, 4) is 0 Å². The van der Waals surface area contributed by atoms with Crippen LogP contribution in [0.25, 0.3) is 0 Å². The van der Waals surface area contributed by atoms with Crippen LogP contribution in [-0.4, -0.2) is 21.0 Å². The zero-order chi connectivity index (χ0) is 14.6. The zero-order valence-electron chi connectivity index (χ0n) is 10.3. The summed E-state index contributed by atoms with van der Waals surface area (Å²) in [4.78, 5) is -0.935. The Balaban J connectivity index is 2.92. The van der Waals surface area contributed by atoms with Crippen LogP contribution in [0.3, 0.4) is 0 Å². The maximum Gasteiger partial charge on any atom is 0.243 e. The smallest absolute Gasteiger partial charge is 0.243 e. The molecule has 0 heterocycles. The van der Waals surface area contributed by atoms with E-state index in [-0.39, 0.29) is 12.6 Å². The highest BCUT2D eigenvalue weighted by molar-refractivity contribution is 7.89. The van der Waals surface area contributed by atoms with Gasteiger partial charge in [-0.15, -0.1) is 0 Å². The van der Waals surface area contributed by atoms with E-state index >= 15 is 0 Å². The molecule has 1 aromatic carbocycles. The molecule has 0 bridgehead atoms. The van der Waals surface area contributed by atoms with Gasteiger partial charge in [-0.1, -0.05) is 13.3 Å². The lowest BCUT2D eigenvalue weighted by atomic mass is 10.2. The zero-order valence-corrected chi connectivity index (χ0v) is 11.1. The lowest BCUT2D eigenvalue weighted by molar-refractivity contribution is 0.480. The third-order valence-corrected chi connectivity index (χ3v) is 3.90. The molecule has 0 amide bonds. The average molecular weight is 296 g/mol. The van der Waals surface area contributed by atoms with Gasteiger partial charge in [0.25, 0.3) is 0 Å². The van der Waals surface area contributed by atoms with Crippen LogP contribution in [-0.2, 0) is 10.0 Å². The summed E-state index contributed by atoms with van der Waals surface area (Å²) >= 11 is 0. The molecule has 0 aliphatic heterocycles. The normalized spacial score (nSPS) is 13.5. The maximum atomic E-state index is 13.3. The van der Waals surface area contributed by atoms with Gasteiger partial charge in [0, 0.05) is 18.7 Å². The van der Waals surface area contributed by atoms with Gasteiger partial charge in [-0.25, -0.2) is 26.3 Å². The van der Waals surface area contributed by atoms with Crippen molar-refractivity contribution in [2.75, 3.05) is 6.54 Å². The Morgan fingerprint density at radius 3 is 2.37 bits per heavy atom. The lowest BCUT2D eigenvalue weighted by Crippen LogP contribution is -2.37. The summed E-state index contributed by atoms with van der Waals surface area (Å²) in [6, 6.07) is 0.0712. The predicted molar refractivity (Wildman–Crippen MR) is 64.4 cm³/mol. The molecule has 0 spiro atoms. The molecule has 1 rings (SSSR count). The molecule has 4 nitrogen and oxygen atoms in total. The second-order valence-electron chi connectivity index (χ2n) is 4.10. The first-order chi connectivity index (χ1) is 8.77. The number of hydrogen-bond donors (Lipinski definition) is 2. The molecule has 0 radical (unpaired) electrons. The average Bonchev–Trinajstić information content (AvgIpc) is 2.31. The highest BCUT2D eigenvalue weighted by Crippen LogP contribution is 2.18. The fourth-order valence-electron chi connectivity index (χ4n) is 1.48. The van der Waals surface area contributed by atoms with Gasteiger partial charge in [0.2, 0.25) is 10.0 Å². The Labute approximate surface area is 109 Å². The summed E-state index contributed by atoms with van der Waals surface area (Å²) in [6.07, 6.45) is 1.35. The number of hydrogen-bond acceptors (Lipinski definition) is 3. The third kappa shape index (κ3) is 4.19. The molecule has 1 aromatic rings. The molecule has 1 atom stereocenters. The van der Waals surface area contributed by atoms with Crippen LogP contribution >= 0.6 is 0 Å². The Morgan fingerprint density at radius 2 is 1.79 bits per heavy atom. The molecule has 3 N–H and O–H groups in total. The molecule has 0 saturated carbocycles. The van der Waals surface area contributed by atoms with Gasteiger partial charge >= 0.3 is 0 Å². The number of rotatable bonds is 6. The summed E-state index contributed by atoms with van der Waals surface area (Å²) < 4.78 is 64.5. The first-order valence-electron chi connectivity index (χ1n) is 5.67. The van der Waals surface area contributed by atoms with Gasteiger partial charge in [-0.3, -0.25) is 0 Å². The number of nitrogens with two attached hydrogens (primary N) is 1. The SMILES string of the molecule is CCCC(N)CNS(=O)(=O)c1cc(F)c(F)cc1F. The first-order valence-corrected chi connectivity index (χ1v) is 7.16. The topological polar surface area (TPSA) is 72.2 Å². The van der Waals surface area contributed by atoms with Crippen LogP contribution in [0.5, 0.6) is 0 Å². The van der Waals surface area contributed by atoms with Gasteiger partial charge < -0.3 is 5.73 Å². The largest absolute Gasteiger partial charge is 0.327 e. The van der Waals surface area contributed by atoms with E-state index < -0.39 is 38.4 Å². The van der Waals surface area contributed by atoms with Crippen molar-refractivity contribution in [3.63, 3.8) is 0 Å². The summed E-state index contributed by atoms with van der Waals surface area (Å²) in [6.45, 7) is 1.78. The van der Waals surface area contributed by atoms with Gasteiger partial charge in [0.1, 0.15) is 10.7 Å². The summed E-state index contributed by atoms with van der Waals surface area (Å²) in [7, 11) is -4.26. The van der Waals surface area contributed by atoms with Crippen molar-refractivity contribution in [1.29, 1.82) is 0 Å². The Morgan fingerprint density at radius 1 is 1.21 bits per heavy atom. The standard InChI is InChI=1S/C11H15F3N2O2S/c1-2-3-7(15)6-16-19(17,18)11-5-9(13)8(12)4-10(11)14/h4-5,7,16H,2-3,6,15H2,1H3. The summed E-state index contributed by atoms with van der Waals surface area (Å²) in [5.74, 6) is -4.23. The minimum atomic E-state index is -4.26. The number of benzene rings is 1. The Hall–Kier alpha value is -1.12. The van der Waals surface area contributed by atoms with Crippen molar-refractivity contribution in [2.24, 2.45) is 5.73 Å². The molecule has 8 heteroatoms. The summed E-state index contributed by atoms with van der Waals surface area (Å²) in [5.41, 5.74) is 5.61. The molecule has 19 heavy (non-hydrogen) atoms. The van der Waals surface area contributed by atoms with E-state index in [0.717, 1.165) is 6.42 Å². The monoisotopic (exact) mass is 296 g/mol. The van der Waals surface area contributed by atoms with Crippen LogP contribution in [0.1, 0.15) is 19.8 Å². The van der Waals surface area contributed by atoms with E-state index in [0.29, 0.717) is 12.5 Å². The van der Waals surface area contributed by atoms with E-state index in [9.17, 15) is 21.6 Å². The third-order valence-electron chi connectivity index (χ3n) is 2.46. The Kier molecular flexibility index (Phi) is 5.33. The second kappa shape index (κ2) is 6.36. The van der Waals surface area contributed by atoms with E-state index in [1.807, 2.05) is 6.92 Å². The second-order valence-corrected chi connectivity index (χ2v) is 5.83. The first kappa shape index (κ1) is 15.9. The van der Waals surface area contributed by atoms with Gasteiger partial charge in [-0.05, 0) is 12.5 Å². The van der Waals surface area contributed by atoms with Crippen LogP contribution < -0.4 is 10.5 Å². The molecular weight excluding hydrogens is 281 g/mol. The van der Waals surface area contributed by atoms with Crippen molar-refractivity contribution in [2.45, 2.75) is 30.7 Å². The molecule has 0 aromatic heterocycles. The maximum absolute atomic E-state index is 13.3. The van der Waals surface area contributed by atoms with E-state index in [4.69, 9.17) is 5.73 Å². The number of halogens is 3. The molecule has 1 unspecified atom stereocenters.